The van der Waals surface area contributed by atoms with Gasteiger partial charge in [-0.1, -0.05) is 60.7 Å². The molecule has 0 amide bonds. The van der Waals surface area contributed by atoms with E-state index >= 15 is 0 Å². The monoisotopic (exact) mass is 401 g/mol. The van der Waals surface area contributed by atoms with Crippen molar-refractivity contribution in [3.8, 4) is 0 Å². The molecule has 0 aliphatic heterocycles. The van der Waals surface area contributed by atoms with Crippen LogP contribution >= 0.6 is 0 Å². The van der Waals surface area contributed by atoms with Crippen LogP contribution in [0.1, 0.15) is 2.85 Å². The molecular formula is C26H20BeN2O2. The predicted octanol–water partition coefficient (Wildman–Crippen LogP) is 5.21. The molecule has 0 aliphatic carbocycles. The maximum absolute atomic E-state index is 11.8. The standard InChI is InChI=1S/2C13H9NO.Be.2H/c2*15-11-5-1-3-9-6-7-10-4-2-8-14-13(10)12(9)11;;;/h2*1-8,14H;;;/q;;+2;2*-1. The first kappa shape index (κ1) is 20.3. The van der Waals surface area contributed by atoms with Crippen molar-refractivity contribution in [2.75, 3.05) is 0 Å². The van der Waals surface area contributed by atoms with E-state index in [0.717, 1.165) is 43.4 Å². The third kappa shape index (κ3) is 3.65. The number of H-pyrrole nitrogens is 2. The van der Waals surface area contributed by atoms with E-state index in [4.69, 9.17) is 0 Å². The van der Waals surface area contributed by atoms with Gasteiger partial charge in [0.15, 0.2) is 10.9 Å². The van der Waals surface area contributed by atoms with E-state index in [1.54, 1.807) is 24.3 Å². The van der Waals surface area contributed by atoms with Crippen LogP contribution in [0.15, 0.2) is 107 Å². The Morgan fingerprint density at radius 2 is 0.871 bits per heavy atom. The fraction of sp³-hybridized carbons (Fsp3) is 0. The normalized spacial score (nSPS) is 10.6. The molecule has 0 unspecified atom stereocenters. The van der Waals surface area contributed by atoms with Gasteiger partial charge in [-0.05, 0) is 45.8 Å². The van der Waals surface area contributed by atoms with Gasteiger partial charge in [0.1, 0.15) is 0 Å². The summed E-state index contributed by atoms with van der Waals surface area (Å²) >= 11 is 0. The van der Waals surface area contributed by atoms with Gasteiger partial charge in [-0.15, -0.1) is 0 Å². The summed E-state index contributed by atoms with van der Waals surface area (Å²) in [5, 5.41) is 5.64. The number of aromatic nitrogens is 2. The zero-order valence-electron chi connectivity index (χ0n) is 18.8. The molecule has 4 aromatic carbocycles. The number of fused-ring (bicyclic) bond motifs is 6. The summed E-state index contributed by atoms with van der Waals surface area (Å²) in [6.07, 6.45) is 3.68. The molecule has 6 rings (SSSR count). The van der Waals surface area contributed by atoms with Crippen molar-refractivity contribution in [3.05, 3.63) is 118 Å². The van der Waals surface area contributed by atoms with Crippen molar-refractivity contribution < 1.29 is 2.85 Å². The Hall–Kier alpha value is -4.01. The Balaban J connectivity index is 0.000000214. The largest absolute Gasteiger partial charge is 2.00 e. The van der Waals surface area contributed by atoms with Gasteiger partial charge in [-0.3, -0.25) is 9.59 Å². The Bertz CT molecular complexity index is 1540. The molecule has 0 bridgehead atoms. The van der Waals surface area contributed by atoms with Gasteiger partial charge in [0.05, 0.1) is 21.8 Å². The minimum absolute atomic E-state index is 0. The number of pyridine rings is 2. The van der Waals surface area contributed by atoms with Gasteiger partial charge in [-0.25, -0.2) is 0 Å². The molecule has 0 atom stereocenters. The van der Waals surface area contributed by atoms with Crippen molar-refractivity contribution >= 4 is 53.5 Å². The second-order valence-electron chi connectivity index (χ2n) is 7.11. The summed E-state index contributed by atoms with van der Waals surface area (Å²) in [5.41, 5.74) is 1.97. The molecule has 31 heavy (non-hydrogen) atoms. The first-order valence-corrected chi connectivity index (χ1v) is 9.71. The molecule has 0 saturated carbocycles. The van der Waals surface area contributed by atoms with Crippen LogP contribution in [0.25, 0.3) is 43.4 Å². The fourth-order valence-electron chi connectivity index (χ4n) is 3.88. The molecule has 148 valence electrons. The first-order valence-electron chi connectivity index (χ1n) is 9.71. The average molecular weight is 401 g/mol. The summed E-state index contributed by atoms with van der Waals surface area (Å²) in [6.45, 7) is 0. The minimum atomic E-state index is 0. The summed E-state index contributed by atoms with van der Waals surface area (Å²) in [7, 11) is 0. The minimum Gasteiger partial charge on any atom is -1.00 e. The molecular weight excluding hydrogens is 381 g/mol. The SMILES string of the molecule is O=c1cccc2ccc3ccc[nH]c3c12.O=c1cccc2ccc3ccc[nH]c3c12.[Be+2].[H-].[H-]. The van der Waals surface area contributed by atoms with Crippen LogP contribution in [0.4, 0.5) is 0 Å². The maximum atomic E-state index is 11.8. The average Bonchev–Trinajstić information content (AvgIpc) is 2.79. The Labute approximate surface area is 184 Å². The number of hydrogen-bond acceptors (Lipinski definition) is 2. The van der Waals surface area contributed by atoms with E-state index < -0.39 is 0 Å². The molecule has 5 heteroatoms. The van der Waals surface area contributed by atoms with Crippen molar-refractivity contribution in [2.24, 2.45) is 0 Å². The zero-order chi connectivity index (χ0) is 20.5. The van der Waals surface area contributed by atoms with Crippen LogP contribution < -0.4 is 10.9 Å². The quantitative estimate of drug-likeness (QED) is 0.271. The Morgan fingerprint density at radius 3 is 1.32 bits per heavy atom. The van der Waals surface area contributed by atoms with E-state index in [-0.39, 0.29) is 23.8 Å². The van der Waals surface area contributed by atoms with E-state index in [1.807, 2.05) is 73.1 Å². The van der Waals surface area contributed by atoms with E-state index in [2.05, 4.69) is 9.97 Å². The van der Waals surface area contributed by atoms with Crippen molar-refractivity contribution in [1.29, 1.82) is 0 Å². The summed E-state index contributed by atoms with van der Waals surface area (Å²) in [4.78, 5) is 29.8. The third-order valence-corrected chi connectivity index (χ3v) is 5.28. The number of benzene rings is 4. The van der Waals surface area contributed by atoms with E-state index in [0.29, 0.717) is 0 Å². The van der Waals surface area contributed by atoms with Gasteiger partial charge in [-0.2, -0.15) is 0 Å². The van der Waals surface area contributed by atoms with Crippen LogP contribution in [-0.4, -0.2) is 20.1 Å². The van der Waals surface area contributed by atoms with Crippen LogP contribution in [0.3, 0.4) is 0 Å². The molecule has 0 fully saturated rings. The van der Waals surface area contributed by atoms with Gasteiger partial charge >= 0.3 is 10.1 Å². The molecule has 0 saturated heterocycles. The first-order chi connectivity index (χ1) is 14.7. The number of rotatable bonds is 0. The molecule has 0 spiro atoms. The van der Waals surface area contributed by atoms with Gasteiger partial charge < -0.3 is 12.8 Å². The number of aromatic amines is 2. The third-order valence-electron chi connectivity index (χ3n) is 5.28. The smallest absolute Gasteiger partial charge is 1.00 e. The molecule has 0 aliphatic rings. The molecule has 0 radical (unpaired) electrons. The number of nitrogens with one attached hydrogen (secondary N) is 2. The predicted molar refractivity (Wildman–Crippen MR) is 132 cm³/mol. The number of hydrogen-bond donors (Lipinski definition) is 2. The summed E-state index contributed by atoms with van der Waals surface area (Å²) in [5.74, 6) is 0. The second-order valence-corrected chi connectivity index (χ2v) is 7.11. The summed E-state index contributed by atoms with van der Waals surface area (Å²) in [6, 6.07) is 26.6. The zero-order valence-corrected chi connectivity index (χ0v) is 16.8. The molecule has 4 nitrogen and oxygen atoms in total. The molecule has 2 N–H and O–H groups in total. The maximum Gasteiger partial charge on any atom is 2.00 e. The van der Waals surface area contributed by atoms with Crippen molar-refractivity contribution in [1.82, 2.24) is 9.97 Å². The van der Waals surface area contributed by atoms with Crippen molar-refractivity contribution in [2.45, 2.75) is 0 Å². The van der Waals surface area contributed by atoms with E-state index in [9.17, 15) is 9.59 Å². The van der Waals surface area contributed by atoms with Crippen LogP contribution in [-0.2, 0) is 0 Å². The van der Waals surface area contributed by atoms with Crippen LogP contribution in [0, 0.1) is 0 Å². The second kappa shape index (κ2) is 8.39. The van der Waals surface area contributed by atoms with Gasteiger partial charge in [0.2, 0.25) is 0 Å². The molecule has 2 heterocycles. The van der Waals surface area contributed by atoms with E-state index in [1.165, 1.54) is 0 Å². The van der Waals surface area contributed by atoms with Crippen molar-refractivity contribution in [3.63, 3.8) is 0 Å². The Kier molecular flexibility index (Phi) is 5.48. The topological polar surface area (TPSA) is 65.7 Å². The molecule has 2 aromatic heterocycles. The van der Waals surface area contributed by atoms with Gasteiger partial charge in [0.25, 0.3) is 0 Å². The Morgan fingerprint density at radius 1 is 0.484 bits per heavy atom. The van der Waals surface area contributed by atoms with Crippen LogP contribution in [0.5, 0.6) is 0 Å². The van der Waals surface area contributed by atoms with Gasteiger partial charge in [0, 0.05) is 12.4 Å². The van der Waals surface area contributed by atoms with Crippen LogP contribution in [0.2, 0.25) is 0 Å². The molecule has 6 aromatic rings. The fourth-order valence-corrected chi connectivity index (χ4v) is 3.88. The summed E-state index contributed by atoms with van der Waals surface area (Å²) < 4.78 is 0.